The Bertz CT molecular complexity index is 1130. The molecule has 1 aromatic carbocycles. The number of alkyl halides is 3. The molecular formula is C21H23F4N3O4S. The first-order valence-corrected chi connectivity index (χ1v) is 11.7. The molecule has 1 saturated heterocycles. The van der Waals surface area contributed by atoms with Crippen molar-refractivity contribution in [2.45, 2.75) is 67.9 Å². The summed E-state index contributed by atoms with van der Waals surface area (Å²) in [7, 11) is -4.71. The van der Waals surface area contributed by atoms with Crippen LogP contribution < -0.4 is 5.32 Å². The van der Waals surface area contributed by atoms with Crippen LogP contribution in [0.15, 0.2) is 23.1 Å². The van der Waals surface area contributed by atoms with E-state index in [0.29, 0.717) is 25.0 Å². The molecule has 1 N–H and O–H groups in total. The molecule has 7 nitrogen and oxygen atoms in total. The Morgan fingerprint density at radius 1 is 1.21 bits per heavy atom. The van der Waals surface area contributed by atoms with Crippen LogP contribution in [0.3, 0.4) is 0 Å². The second-order valence-electron chi connectivity index (χ2n) is 9.45. The van der Waals surface area contributed by atoms with Gasteiger partial charge in [0, 0.05) is 12.0 Å². The van der Waals surface area contributed by atoms with Crippen LogP contribution in [0.4, 0.5) is 17.6 Å². The Morgan fingerprint density at radius 2 is 1.82 bits per heavy atom. The van der Waals surface area contributed by atoms with Crippen molar-refractivity contribution in [2.24, 2.45) is 5.41 Å². The number of sulfone groups is 1. The van der Waals surface area contributed by atoms with Crippen LogP contribution >= 0.6 is 0 Å². The molecule has 180 valence electrons. The lowest BCUT2D eigenvalue weighted by Crippen LogP contribution is -2.51. The van der Waals surface area contributed by atoms with Crippen LogP contribution in [0.5, 0.6) is 0 Å². The molecule has 0 unspecified atom stereocenters. The largest absolute Gasteiger partial charge is 0.417 e. The third-order valence-electron chi connectivity index (χ3n) is 5.79. The fourth-order valence-corrected chi connectivity index (χ4v) is 5.68. The van der Waals surface area contributed by atoms with Gasteiger partial charge in [-0.3, -0.25) is 9.59 Å². The molecule has 2 amide bonds. The van der Waals surface area contributed by atoms with E-state index in [0.717, 1.165) is 4.90 Å². The second kappa shape index (κ2) is 7.97. The van der Waals surface area contributed by atoms with E-state index in [2.05, 4.69) is 5.32 Å². The quantitative estimate of drug-likeness (QED) is 0.517. The fourth-order valence-electron chi connectivity index (χ4n) is 3.79. The molecule has 33 heavy (non-hydrogen) atoms. The monoisotopic (exact) mass is 489 g/mol. The summed E-state index contributed by atoms with van der Waals surface area (Å²) in [6, 6.07) is 1.95. The lowest BCUT2D eigenvalue weighted by Gasteiger charge is -2.30. The highest BCUT2D eigenvalue weighted by molar-refractivity contribution is 7.92. The Balaban J connectivity index is 2.00. The van der Waals surface area contributed by atoms with E-state index in [9.17, 15) is 40.8 Å². The summed E-state index contributed by atoms with van der Waals surface area (Å²) in [6.45, 7) is 4.17. The highest BCUT2D eigenvalue weighted by Crippen LogP contribution is 2.39. The van der Waals surface area contributed by atoms with Gasteiger partial charge in [0.05, 0.1) is 21.8 Å². The summed E-state index contributed by atoms with van der Waals surface area (Å²) in [4.78, 5) is 25.8. The van der Waals surface area contributed by atoms with Crippen molar-refractivity contribution in [1.82, 2.24) is 10.2 Å². The van der Waals surface area contributed by atoms with E-state index in [-0.39, 0.29) is 6.07 Å². The molecule has 1 aliphatic carbocycles. The zero-order valence-corrected chi connectivity index (χ0v) is 19.0. The predicted octanol–water partition coefficient (Wildman–Crippen LogP) is 2.81. The Labute approximate surface area is 188 Å². The number of likely N-dealkylation sites (tertiary alicyclic amines) is 1. The van der Waals surface area contributed by atoms with Crippen molar-refractivity contribution in [3.63, 3.8) is 0 Å². The number of hydrogen-bond donors (Lipinski definition) is 1. The van der Waals surface area contributed by atoms with E-state index < -0.39 is 79.3 Å². The lowest BCUT2D eigenvalue weighted by atomic mass is 9.94. The molecule has 1 heterocycles. The Kier molecular flexibility index (Phi) is 6.03. The molecule has 3 rings (SSSR count). The van der Waals surface area contributed by atoms with Crippen LogP contribution in [0.1, 0.15) is 45.6 Å². The first-order chi connectivity index (χ1) is 15.0. The first-order valence-electron chi connectivity index (χ1n) is 10.2. The van der Waals surface area contributed by atoms with Gasteiger partial charge < -0.3 is 10.2 Å². The molecule has 0 spiro atoms. The first kappa shape index (κ1) is 25.0. The van der Waals surface area contributed by atoms with Gasteiger partial charge in [0.25, 0.3) is 0 Å². The number of hydrogen-bond acceptors (Lipinski definition) is 5. The molecule has 2 aliphatic rings. The van der Waals surface area contributed by atoms with Crippen LogP contribution in [0, 0.1) is 22.6 Å². The molecule has 2 fully saturated rings. The molecule has 0 bridgehead atoms. The summed E-state index contributed by atoms with van der Waals surface area (Å²) in [5, 5.41) is 10.2. The molecule has 1 aromatic rings. The van der Waals surface area contributed by atoms with Gasteiger partial charge >= 0.3 is 6.18 Å². The molecular weight excluding hydrogens is 466 g/mol. The summed E-state index contributed by atoms with van der Waals surface area (Å²) >= 11 is 0. The van der Waals surface area contributed by atoms with Gasteiger partial charge in [-0.15, -0.1) is 0 Å². The fraction of sp³-hybridized carbons (Fsp3) is 0.571. The van der Waals surface area contributed by atoms with Crippen molar-refractivity contribution >= 4 is 21.7 Å². The summed E-state index contributed by atoms with van der Waals surface area (Å²) < 4.78 is 80.3. The predicted molar refractivity (Wildman–Crippen MR) is 108 cm³/mol. The van der Waals surface area contributed by atoms with E-state index in [1.807, 2.05) is 6.07 Å². The molecule has 0 aromatic heterocycles. The summed E-state index contributed by atoms with van der Waals surface area (Å²) in [6.07, 6.45) is -4.78. The van der Waals surface area contributed by atoms with Gasteiger partial charge in [-0.05, 0) is 37.5 Å². The number of rotatable bonds is 4. The number of nitriles is 1. The van der Waals surface area contributed by atoms with Gasteiger partial charge in [-0.25, -0.2) is 12.8 Å². The van der Waals surface area contributed by atoms with Gasteiger partial charge in [0.2, 0.25) is 11.8 Å². The Morgan fingerprint density at radius 3 is 2.30 bits per heavy atom. The normalized spacial score (nSPS) is 22.5. The topological polar surface area (TPSA) is 107 Å². The zero-order chi connectivity index (χ0) is 25.0. The highest BCUT2D eigenvalue weighted by Gasteiger charge is 2.52. The number of nitrogens with zero attached hydrogens (tertiary/aromatic N) is 2. The third kappa shape index (κ3) is 4.83. The zero-order valence-electron chi connectivity index (χ0n) is 18.2. The van der Waals surface area contributed by atoms with Crippen LogP contribution in [0.2, 0.25) is 0 Å². The second-order valence-corrected chi connectivity index (χ2v) is 11.6. The SMILES string of the molecule is CC(C)(C)C(=O)N1C[C@H](S(=O)(=O)c2ccc(F)cc2C(F)(F)F)C[C@H]1C(=O)NC1(C#N)CC1. The minimum absolute atomic E-state index is 0.105. The van der Waals surface area contributed by atoms with Crippen LogP contribution in [-0.4, -0.2) is 48.5 Å². The molecule has 0 radical (unpaired) electrons. The number of carbonyl (C=O) groups excluding carboxylic acids is 2. The summed E-state index contributed by atoms with van der Waals surface area (Å²) in [5.74, 6) is -2.54. The van der Waals surface area contributed by atoms with E-state index >= 15 is 0 Å². The highest BCUT2D eigenvalue weighted by atomic mass is 32.2. The van der Waals surface area contributed by atoms with E-state index in [4.69, 9.17) is 0 Å². The van der Waals surface area contributed by atoms with Crippen LogP contribution in [0.25, 0.3) is 0 Å². The van der Waals surface area contributed by atoms with Gasteiger partial charge in [0.15, 0.2) is 9.84 Å². The van der Waals surface area contributed by atoms with Gasteiger partial charge in [-0.1, -0.05) is 20.8 Å². The molecule has 12 heteroatoms. The average molecular weight is 489 g/mol. The van der Waals surface area contributed by atoms with Crippen molar-refractivity contribution < 1.29 is 35.6 Å². The molecule has 1 aliphatic heterocycles. The molecule has 2 atom stereocenters. The maximum Gasteiger partial charge on any atom is 0.417 e. The maximum atomic E-state index is 13.5. The third-order valence-corrected chi connectivity index (χ3v) is 7.97. The van der Waals surface area contributed by atoms with E-state index in [1.54, 1.807) is 20.8 Å². The average Bonchev–Trinajstić information content (AvgIpc) is 3.31. The lowest BCUT2D eigenvalue weighted by molar-refractivity contribution is -0.144. The number of benzene rings is 1. The van der Waals surface area contributed by atoms with Crippen molar-refractivity contribution in [1.29, 1.82) is 5.26 Å². The minimum atomic E-state index is -5.13. The van der Waals surface area contributed by atoms with Gasteiger partial charge in [-0.2, -0.15) is 18.4 Å². The Hall–Kier alpha value is -2.68. The van der Waals surface area contributed by atoms with Crippen LogP contribution in [-0.2, 0) is 25.6 Å². The molecule has 1 saturated carbocycles. The standard InChI is InChI=1S/C21H23F4N3O4S/c1-19(2,3)18(30)28-10-13(9-15(28)17(29)27-20(11-26)6-7-20)33(31,32)16-5-4-12(22)8-14(16)21(23,24)25/h4-5,8,13,15H,6-7,9-10H2,1-3H3,(H,27,29)/t13-,15+/m1/s1. The van der Waals surface area contributed by atoms with Crippen molar-refractivity contribution in [2.75, 3.05) is 6.54 Å². The maximum absolute atomic E-state index is 13.5. The summed E-state index contributed by atoms with van der Waals surface area (Å²) in [5.41, 5.74) is -3.73. The number of nitrogens with one attached hydrogen (secondary N) is 1. The van der Waals surface area contributed by atoms with Crippen molar-refractivity contribution in [3.8, 4) is 6.07 Å². The van der Waals surface area contributed by atoms with E-state index in [1.165, 1.54) is 0 Å². The number of amides is 2. The van der Waals surface area contributed by atoms with Gasteiger partial charge in [0.1, 0.15) is 17.4 Å². The smallest absolute Gasteiger partial charge is 0.336 e. The number of carbonyl (C=O) groups is 2. The minimum Gasteiger partial charge on any atom is -0.336 e. The van der Waals surface area contributed by atoms with Crippen molar-refractivity contribution in [3.05, 3.63) is 29.6 Å². The number of halogens is 4.